The summed E-state index contributed by atoms with van der Waals surface area (Å²) in [5.74, 6) is 5.64. The zero-order valence-electron chi connectivity index (χ0n) is 70.3. The van der Waals surface area contributed by atoms with E-state index in [0.717, 1.165) is 153 Å². The van der Waals surface area contributed by atoms with Gasteiger partial charge in [-0.05, 0) is 212 Å². The maximum atomic E-state index is 13.7. The molecule has 0 radical (unpaired) electrons. The van der Waals surface area contributed by atoms with Gasteiger partial charge in [0.1, 0.15) is 34.5 Å². The molecule has 0 bridgehead atoms. The van der Waals surface area contributed by atoms with Crippen LogP contribution in [0, 0.1) is 12.3 Å². The molecule has 0 amide bonds. The van der Waals surface area contributed by atoms with Gasteiger partial charge in [-0.2, -0.15) is 15.0 Å². The Labute approximate surface area is 722 Å². The number of aromatic nitrogens is 10. The van der Waals surface area contributed by atoms with E-state index in [1.54, 1.807) is 68.4 Å². The maximum Gasteiger partial charge on any atom is 0.294 e. The number of piperidine rings is 1. The van der Waals surface area contributed by atoms with Crippen molar-refractivity contribution in [2.45, 2.75) is 149 Å². The van der Waals surface area contributed by atoms with E-state index < -0.39 is 41.3 Å². The molecule has 12 aromatic rings. The number of likely N-dealkylation sites (tertiary alicyclic amines) is 1. The quantitative estimate of drug-likeness (QED) is 0.0272. The van der Waals surface area contributed by atoms with Crippen molar-refractivity contribution in [2.24, 2.45) is 0 Å². The number of rotatable bonds is 29. The molecule has 7 aromatic heterocycles. The van der Waals surface area contributed by atoms with Gasteiger partial charge in [0, 0.05) is 125 Å². The first-order chi connectivity index (χ1) is 60.0. The number of morpholine rings is 1. The van der Waals surface area contributed by atoms with Crippen molar-refractivity contribution in [2.75, 3.05) is 107 Å². The van der Waals surface area contributed by atoms with E-state index in [1.165, 1.54) is 15.2 Å². The number of pyridine rings is 3. The summed E-state index contributed by atoms with van der Waals surface area (Å²) in [5.41, 5.74) is 8.63. The molecule has 3 saturated heterocycles. The first-order valence-corrected chi connectivity index (χ1v) is 46.6. The van der Waals surface area contributed by atoms with Crippen LogP contribution in [-0.2, 0) is 65.3 Å². The third-order valence-electron chi connectivity index (χ3n) is 22.6. The van der Waals surface area contributed by atoms with Crippen LogP contribution in [0.15, 0.2) is 193 Å². The number of anilines is 7. The number of likely N-dealkylation sites (N-methyl/N-ethyl adjacent to an activating group) is 2. The SMILES string of the molecule is C#Cc1cc2cnc(Nc3ccc(NC4CCN(C)C4)cc3)nc2n(Cc2ncoc2S(=O)(=O)C(C)C)c1=O.CCOc1cc2cnc(Nc3ccc(OC4CCCNC4)cc3)nc2n(Cc2cccc(S(=O)(=O)C3CCCC3)c2)c1=O.COCCS(=O)Cc1cccc(Cn2c(=O)c(C3CC3)cc3cnc(Nc4ccc(C5CN(C)CCO5)cc4)nc32)c1. The van der Waals surface area contributed by atoms with Crippen molar-refractivity contribution >= 4 is 104 Å². The maximum absolute atomic E-state index is 13.7. The zero-order chi connectivity index (χ0) is 86.6. The normalized spacial score (nSPS) is 17.4. The number of benzene rings is 5. The standard InChI is InChI=1S/C32H37N5O5S.C32H37N5O4S.C27H29N7O4S/c1-2-41-29-18-23-19-34-32(35-24-12-14-25(15-13-24)42-26-8-6-16-33-20-26)36-30(23)37(31(29)38)21-22-7-5-11-28(17-22)43(39,40)27-9-3-4-10-27;1-36-12-13-41-29(20-36)25-8-10-27(11-9-25)34-32-33-18-26-17-28(24-6-7-24)31(38)37(30(26)35-32)19-22-4-3-5-23(16-22)21-42(39)15-14-40-2;1-5-18-12-19-13-28-27(31-21-8-6-20(7-9-21)30-22-10-11-33(4)14-22)32-24(19)34(25(18)35)15-23-26(38-16-29-23)39(36,37)17(2)3/h5,7,11-15,17-19,26-27,33H,2-4,6,8-10,16,20-21H2,1H3,(H,34,35,36);3-5,8-11,16-18,24,29H,6-7,12-15,19-21H2,1-2H3,(H,33,34,35);1,6-9,12-13,16-17,22,30H,10-11,14-15H2,2-4H3,(H,28,31,32). The van der Waals surface area contributed by atoms with Crippen molar-refractivity contribution in [3.8, 4) is 23.8 Å². The minimum atomic E-state index is -3.77. The lowest BCUT2D eigenvalue weighted by Gasteiger charge is -2.30. The highest BCUT2D eigenvalue weighted by atomic mass is 32.2. The molecular formula is C91H103N17O13S3. The molecule has 648 valence electrons. The summed E-state index contributed by atoms with van der Waals surface area (Å²) in [6, 6.07) is 44.0. The van der Waals surface area contributed by atoms with Crippen LogP contribution in [0.5, 0.6) is 11.5 Å². The van der Waals surface area contributed by atoms with Crippen molar-refractivity contribution in [1.82, 2.24) is 63.7 Å². The number of hydrogen-bond acceptors (Lipinski definition) is 27. The van der Waals surface area contributed by atoms with E-state index in [4.69, 9.17) is 39.8 Å². The Kier molecular flexibility index (Phi) is 27.8. The number of methoxy groups -OCH3 is 1. The smallest absolute Gasteiger partial charge is 0.294 e. The van der Waals surface area contributed by atoms with Crippen molar-refractivity contribution in [3.63, 3.8) is 0 Å². The lowest BCUT2D eigenvalue weighted by atomic mass is 10.1. The highest BCUT2D eigenvalue weighted by Crippen LogP contribution is 2.40. The Morgan fingerprint density at radius 2 is 1.23 bits per heavy atom. The monoisotopic (exact) mass is 1740 g/mol. The molecule has 33 heteroatoms. The van der Waals surface area contributed by atoms with Crippen LogP contribution in [0.3, 0.4) is 0 Å². The lowest BCUT2D eigenvalue weighted by Crippen LogP contribution is -2.37. The second kappa shape index (κ2) is 39.5. The molecular weight excluding hydrogens is 1640 g/mol. The molecule has 124 heavy (non-hydrogen) atoms. The largest absolute Gasteiger partial charge is 0.489 e. The molecule has 5 fully saturated rings. The van der Waals surface area contributed by atoms with Gasteiger partial charge in [0.15, 0.2) is 22.0 Å². The molecule has 10 heterocycles. The fourth-order valence-corrected chi connectivity index (χ4v) is 19.8. The van der Waals surface area contributed by atoms with E-state index in [0.29, 0.717) is 100 Å². The summed E-state index contributed by atoms with van der Waals surface area (Å²) in [4.78, 5) is 77.0. The van der Waals surface area contributed by atoms with Crippen molar-refractivity contribution < 1.29 is 44.4 Å². The second-order valence-electron chi connectivity index (χ2n) is 32.2. The van der Waals surface area contributed by atoms with Crippen molar-refractivity contribution in [3.05, 3.63) is 235 Å². The molecule has 4 unspecified atom stereocenters. The molecule has 30 nitrogen and oxygen atoms in total. The van der Waals surface area contributed by atoms with E-state index in [-0.39, 0.29) is 75.4 Å². The molecule has 5 N–H and O–H groups in total. The number of nitrogens with one attached hydrogen (secondary N) is 5. The van der Waals surface area contributed by atoms with Crippen LogP contribution < -0.4 is 52.7 Å². The number of fused-ring (bicyclic) bond motifs is 3. The summed E-state index contributed by atoms with van der Waals surface area (Å²) in [6.07, 6.45) is 20.4. The number of sulfone groups is 2. The Bertz CT molecular complexity index is 6310. The van der Waals surface area contributed by atoms with Crippen LogP contribution in [-0.4, -0.2) is 188 Å². The second-order valence-corrected chi connectivity index (χ2v) is 38.4. The molecule has 2 saturated carbocycles. The average molecular weight is 1740 g/mol. The summed E-state index contributed by atoms with van der Waals surface area (Å²) in [6.45, 7) is 12.5. The summed E-state index contributed by atoms with van der Waals surface area (Å²) < 4.78 is 97.1. The average Bonchev–Trinajstić information content (AvgIpc) is 1.46. The number of hydrogen-bond donors (Lipinski definition) is 5. The van der Waals surface area contributed by atoms with Crippen LogP contribution in [0.2, 0.25) is 0 Å². The number of nitrogens with zero attached hydrogens (tertiary/aromatic N) is 12. The van der Waals surface area contributed by atoms with Crippen molar-refractivity contribution in [1.29, 1.82) is 0 Å². The summed E-state index contributed by atoms with van der Waals surface area (Å²) >= 11 is 0. The van der Waals surface area contributed by atoms with Gasteiger partial charge in [-0.3, -0.25) is 32.3 Å². The predicted octanol–water partition coefficient (Wildman–Crippen LogP) is 12.0. The van der Waals surface area contributed by atoms with Gasteiger partial charge in [0.25, 0.3) is 16.7 Å². The van der Waals surface area contributed by atoms with E-state index in [9.17, 15) is 35.4 Å². The fraction of sp³-hybridized carbons (Fsp3) is 0.385. The molecule has 4 atom stereocenters. The molecule has 0 spiro atoms. The van der Waals surface area contributed by atoms with E-state index >= 15 is 0 Å². The topological polar surface area (TPSA) is 358 Å². The van der Waals surface area contributed by atoms with Gasteiger partial charge < -0.3 is 59.7 Å². The van der Waals surface area contributed by atoms with Crippen LogP contribution in [0.25, 0.3) is 33.1 Å². The van der Waals surface area contributed by atoms with Gasteiger partial charge in [-0.15, -0.1) is 6.42 Å². The fourth-order valence-electron chi connectivity index (χ4n) is 15.7. The van der Waals surface area contributed by atoms with Gasteiger partial charge in [-0.25, -0.2) is 36.8 Å². The first-order valence-electron chi connectivity index (χ1n) is 42.0. The van der Waals surface area contributed by atoms with E-state index in [2.05, 4.69) is 93.5 Å². The molecule has 3 aliphatic heterocycles. The highest BCUT2D eigenvalue weighted by molar-refractivity contribution is 7.92. The Morgan fingerprint density at radius 1 is 0.637 bits per heavy atom. The highest BCUT2D eigenvalue weighted by Gasteiger charge is 2.33. The Balaban J connectivity index is 0.000000144. The zero-order valence-corrected chi connectivity index (χ0v) is 72.7. The third-order valence-corrected chi connectivity index (χ3v) is 28.2. The first kappa shape index (κ1) is 87.3. The van der Waals surface area contributed by atoms with E-state index in [1.807, 2.05) is 104 Å². The number of oxazole rings is 1. The number of ether oxygens (including phenoxy) is 4. The van der Waals surface area contributed by atoms with Gasteiger partial charge in [0.05, 0.1) is 66.5 Å². The van der Waals surface area contributed by atoms with Crippen LogP contribution in [0.4, 0.5) is 40.6 Å². The minimum Gasteiger partial charge on any atom is -0.489 e. The number of terminal acetylenes is 1. The minimum absolute atomic E-state index is 0.00877. The third kappa shape index (κ3) is 21.2. The van der Waals surface area contributed by atoms with Crippen LogP contribution in [0.1, 0.15) is 130 Å². The lowest BCUT2D eigenvalue weighted by molar-refractivity contribution is -0.0208. The molecule has 2 aliphatic carbocycles. The van der Waals surface area contributed by atoms with Crippen LogP contribution >= 0.6 is 0 Å². The molecule has 5 aliphatic rings. The summed E-state index contributed by atoms with van der Waals surface area (Å²) in [5, 5.41) is 17.2. The summed E-state index contributed by atoms with van der Waals surface area (Å²) in [7, 11) is -2.38. The van der Waals surface area contributed by atoms with Gasteiger partial charge >= 0.3 is 0 Å². The van der Waals surface area contributed by atoms with Gasteiger partial charge in [0.2, 0.25) is 32.8 Å². The predicted molar refractivity (Wildman–Crippen MR) is 481 cm³/mol. The molecule has 17 rings (SSSR count). The van der Waals surface area contributed by atoms with Gasteiger partial charge in [-0.1, -0.05) is 67.3 Å². The Hall–Kier alpha value is -11.6. The molecule has 5 aromatic carbocycles. The Morgan fingerprint density at radius 3 is 1.82 bits per heavy atom.